The Bertz CT molecular complexity index is 1330. The fourth-order valence-electron chi connectivity index (χ4n) is 4.82. The second kappa shape index (κ2) is 17.6. The van der Waals surface area contributed by atoms with Crippen LogP contribution in [-0.4, -0.2) is 24.1 Å². The summed E-state index contributed by atoms with van der Waals surface area (Å²) in [6.07, 6.45) is 6.54. The molecule has 0 unspecified atom stereocenters. The fourth-order valence-corrected chi connectivity index (χ4v) is 5.08. The lowest BCUT2D eigenvalue weighted by Gasteiger charge is -2.32. The van der Waals surface area contributed by atoms with Crippen LogP contribution in [0.2, 0.25) is 0 Å². The van der Waals surface area contributed by atoms with Crippen LogP contribution < -0.4 is 9.47 Å². The van der Waals surface area contributed by atoms with Gasteiger partial charge in [0.1, 0.15) is 30.5 Å². The summed E-state index contributed by atoms with van der Waals surface area (Å²) in [6, 6.07) is 35.8. The quantitative estimate of drug-likeness (QED) is 0.218. The van der Waals surface area contributed by atoms with Crippen molar-refractivity contribution in [2.45, 2.75) is 63.8 Å². The van der Waals surface area contributed by atoms with Gasteiger partial charge in [0, 0.05) is 43.4 Å². The van der Waals surface area contributed by atoms with Crippen molar-refractivity contribution < 1.29 is 24.1 Å². The van der Waals surface area contributed by atoms with Gasteiger partial charge in [-0.15, -0.1) is 0 Å². The molecule has 1 saturated heterocycles. The molecule has 1 aliphatic heterocycles. The first-order valence-corrected chi connectivity index (χ1v) is 15.8. The number of ketones is 1. The second-order valence-electron chi connectivity index (χ2n) is 10.8. The van der Waals surface area contributed by atoms with Crippen molar-refractivity contribution >= 4 is 21.7 Å². The van der Waals surface area contributed by atoms with E-state index >= 15 is 0 Å². The van der Waals surface area contributed by atoms with Gasteiger partial charge in [0.05, 0.1) is 5.60 Å². The number of benzene rings is 4. The van der Waals surface area contributed by atoms with Crippen molar-refractivity contribution in [2.75, 3.05) is 13.2 Å². The summed E-state index contributed by atoms with van der Waals surface area (Å²) in [5, 5.41) is 10.6. The minimum absolute atomic E-state index is 0.464. The van der Waals surface area contributed by atoms with E-state index in [1.54, 1.807) is 0 Å². The highest BCUT2D eigenvalue weighted by molar-refractivity contribution is 9.10. The number of aliphatic hydroxyl groups is 1. The van der Waals surface area contributed by atoms with Gasteiger partial charge in [-0.25, -0.2) is 0 Å². The third-order valence-corrected chi connectivity index (χ3v) is 7.96. The van der Waals surface area contributed by atoms with Crippen LogP contribution in [0.5, 0.6) is 11.5 Å². The van der Waals surface area contributed by atoms with Crippen molar-refractivity contribution in [1.29, 1.82) is 0 Å². The molecule has 0 radical (unpaired) electrons. The molecule has 0 aromatic heterocycles. The molecule has 1 saturated carbocycles. The molecule has 4 aromatic carbocycles. The minimum atomic E-state index is -0.754. The number of hydrogen-bond acceptors (Lipinski definition) is 5. The topological polar surface area (TPSA) is 65.0 Å². The number of carbonyl (C=O) groups excluding carboxylic acids is 1. The van der Waals surface area contributed by atoms with E-state index < -0.39 is 5.60 Å². The van der Waals surface area contributed by atoms with Gasteiger partial charge in [-0.05, 0) is 65.9 Å². The summed E-state index contributed by atoms with van der Waals surface area (Å²) in [4.78, 5) is 10.5. The number of hydrogen-bond donors (Lipinski definition) is 1. The molecule has 226 valence electrons. The second-order valence-corrected chi connectivity index (χ2v) is 11.7. The Morgan fingerprint density at radius 2 is 1.12 bits per heavy atom. The smallest absolute Gasteiger partial charge is 0.132 e. The molecule has 1 aliphatic carbocycles. The van der Waals surface area contributed by atoms with E-state index in [4.69, 9.17) is 14.2 Å². The van der Waals surface area contributed by atoms with Crippen molar-refractivity contribution in [2.24, 2.45) is 0 Å². The first kappa shape index (κ1) is 32.5. The average molecular weight is 646 g/mol. The zero-order chi connectivity index (χ0) is 30.2. The van der Waals surface area contributed by atoms with Gasteiger partial charge >= 0.3 is 0 Å². The summed E-state index contributed by atoms with van der Waals surface area (Å²) in [6.45, 7) is 2.40. The number of Topliss-reactive ketones (excluding diaryl/α,β-unsaturated/α-hetero) is 1. The number of ether oxygens (including phenoxy) is 3. The monoisotopic (exact) mass is 644 g/mol. The standard InChI is InChI=1S/C18H20O3.C13H11BrO.C6H10O/c19-18(10-12-20-13-11-18)16-6-8-17(9-7-16)21-14-15-4-2-1-3-5-15;14-12-6-8-13(9-7-12)15-10-11-4-2-1-3-5-11;7-6-4-2-1-3-5-6/h1-9,19H,10-14H2;1-9H,10H2;1-5H2. The highest BCUT2D eigenvalue weighted by Crippen LogP contribution is 2.32. The van der Waals surface area contributed by atoms with Crippen LogP contribution in [0.15, 0.2) is 114 Å². The van der Waals surface area contributed by atoms with Gasteiger partial charge in [0.25, 0.3) is 0 Å². The van der Waals surface area contributed by atoms with Crippen LogP contribution in [0.25, 0.3) is 0 Å². The molecule has 5 nitrogen and oxygen atoms in total. The molecule has 0 amide bonds. The van der Waals surface area contributed by atoms with Gasteiger partial charge in [0.15, 0.2) is 0 Å². The lowest BCUT2D eigenvalue weighted by molar-refractivity contribution is -0.120. The zero-order valence-electron chi connectivity index (χ0n) is 24.6. The van der Waals surface area contributed by atoms with E-state index in [0.29, 0.717) is 45.1 Å². The van der Waals surface area contributed by atoms with E-state index in [9.17, 15) is 9.90 Å². The van der Waals surface area contributed by atoms with Crippen LogP contribution >= 0.6 is 15.9 Å². The largest absolute Gasteiger partial charge is 0.489 e. The summed E-state index contributed by atoms with van der Waals surface area (Å²) >= 11 is 3.39. The normalized spacial score (nSPS) is 15.6. The molecule has 2 aliphatic rings. The Kier molecular flexibility index (Phi) is 13.3. The molecule has 0 spiro atoms. The highest BCUT2D eigenvalue weighted by atomic mass is 79.9. The molecule has 1 heterocycles. The molecule has 6 heteroatoms. The molecular formula is C37H41BrO5. The van der Waals surface area contributed by atoms with E-state index in [0.717, 1.165) is 52.8 Å². The Morgan fingerprint density at radius 1 is 0.651 bits per heavy atom. The third kappa shape index (κ3) is 11.6. The van der Waals surface area contributed by atoms with Crippen LogP contribution in [0.1, 0.15) is 61.6 Å². The first-order chi connectivity index (χ1) is 21.0. The average Bonchev–Trinajstić information content (AvgIpc) is 3.06. The maximum atomic E-state index is 10.6. The van der Waals surface area contributed by atoms with Gasteiger partial charge in [-0.2, -0.15) is 0 Å². The SMILES string of the molecule is Brc1ccc(OCc2ccccc2)cc1.O=C1CCCCC1.OC1(c2ccc(OCc3ccccc3)cc2)CCOCC1. The first-order valence-electron chi connectivity index (χ1n) is 15.0. The molecule has 6 rings (SSSR count). The van der Waals surface area contributed by atoms with Crippen molar-refractivity contribution in [1.82, 2.24) is 0 Å². The van der Waals surface area contributed by atoms with Gasteiger partial charge in [0.2, 0.25) is 0 Å². The molecule has 0 bridgehead atoms. The van der Waals surface area contributed by atoms with Crippen LogP contribution in [-0.2, 0) is 28.3 Å². The maximum Gasteiger partial charge on any atom is 0.132 e. The fraction of sp³-hybridized carbons (Fsp3) is 0.324. The van der Waals surface area contributed by atoms with E-state index in [1.165, 1.54) is 12.0 Å². The summed E-state index contributed by atoms with van der Waals surface area (Å²) in [5.41, 5.74) is 2.51. The number of carbonyl (C=O) groups is 1. The van der Waals surface area contributed by atoms with Crippen LogP contribution in [0, 0.1) is 0 Å². The number of halogens is 1. The van der Waals surface area contributed by atoms with Crippen molar-refractivity contribution in [3.63, 3.8) is 0 Å². The third-order valence-electron chi connectivity index (χ3n) is 7.43. The van der Waals surface area contributed by atoms with E-state index in [2.05, 4.69) is 28.1 Å². The summed E-state index contributed by atoms with van der Waals surface area (Å²) in [7, 11) is 0. The Morgan fingerprint density at radius 3 is 1.56 bits per heavy atom. The lowest BCUT2D eigenvalue weighted by atomic mass is 9.86. The Labute approximate surface area is 264 Å². The van der Waals surface area contributed by atoms with Gasteiger partial charge in [-0.1, -0.05) is 95.1 Å². The van der Waals surface area contributed by atoms with Crippen LogP contribution in [0.4, 0.5) is 0 Å². The highest BCUT2D eigenvalue weighted by Gasteiger charge is 2.31. The Balaban J connectivity index is 0.000000167. The predicted molar refractivity (Wildman–Crippen MR) is 174 cm³/mol. The Hall–Kier alpha value is -3.45. The molecular weight excluding hydrogens is 604 g/mol. The van der Waals surface area contributed by atoms with Gasteiger partial charge in [-0.3, -0.25) is 4.79 Å². The summed E-state index contributed by atoms with van der Waals surface area (Å²) < 4.78 is 17.8. The predicted octanol–water partition coefficient (Wildman–Crippen LogP) is 8.81. The zero-order valence-corrected chi connectivity index (χ0v) is 26.2. The van der Waals surface area contributed by atoms with E-state index in [1.807, 2.05) is 97.1 Å². The molecule has 1 N–H and O–H groups in total. The molecule has 2 fully saturated rings. The van der Waals surface area contributed by atoms with Gasteiger partial charge < -0.3 is 19.3 Å². The minimum Gasteiger partial charge on any atom is -0.489 e. The summed E-state index contributed by atoms with van der Waals surface area (Å²) in [5.74, 6) is 2.17. The number of rotatable bonds is 7. The molecule has 43 heavy (non-hydrogen) atoms. The molecule has 4 aromatic rings. The molecule has 0 atom stereocenters. The van der Waals surface area contributed by atoms with E-state index in [-0.39, 0.29) is 0 Å². The van der Waals surface area contributed by atoms with Crippen molar-refractivity contribution in [3.8, 4) is 11.5 Å². The van der Waals surface area contributed by atoms with Crippen molar-refractivity contribution in [3.05, 3.63) is 130 Å². The van der Waals surface area contributed by atoms with Crippen LogP contribution in [0.3, 0.4) is 0 Å². The maximum absolute atomic E-state index is 10.6. The lowest BCUT2D eigenvalue weighted by Crippen LogP contribution is -2.33.